The number of esters is 2. The van der Waals surface area contributed by atoms with Crippen LogP contribution in [-0.2, 0) is 35.6 Å². The van der Waals surface area contributed by atoms with Crippen molar-refractivity contribution in [1.82, 2.24) is 0 Å². The molecular weight excluding hydrogens is 1120 g/mol. The van der Waals surface area contributed by atoms with Crippen molar-refractivity contribution in [2.75, 3.05) is 47.9 Å². The third-order valence-corrected chi connectivity index (χ3v) is 20.0. The van der Waals surface area contributed by atoms with Gasteiger partial charge in [-0.2, -0.15) is 0 Å². The van der Waals surface area contributed by atoms with Crippen LogP contribution in [0.15, 0.2) is 158 Å². The summed E-state index contributed by atoms with van der Waals surface area (Å²) in [5.74, 6) is 1.35. The summed E-state index contributed by atoms with van der Waals surface area (Å²) in [6, 6.07) is 51.3. The van der Waals surface area contributed by atoms with E-state index in [1.807, 2.05) is 135 Å². The van der Waals surface area contributed by atoms with Crippen molar-refractivity contribution in [3.05, 3.63) is 224 Å². The van der Waals surface area contributed by atoms with E-state index < -0.39 is 40.7 Å². The van der Waals surface area contributed by atoms with E-state index in [1.165, 1.54) is 62.5 Å². The van der Waals surface area contributed by atoms with Crippen molar-refractivity contribution in [3.63, 3.8) is 0 Å². The van der Waals surface area contributed by atoms with Gasteiger partial charge in [-0.1, -0.05) is 113 Å². The number of aryl methyl sites for hydroxylation is 2. The van der Waals surface area contributed by atoms with Gasteiger partial charge in [0.1, 0.15) is 23.0 Å². The summed E-state index contributed by atoms with van der Waals surface area (Å²) in [6.07, 6.45) is 10.6. The second-order valence-electron chi connectivity index (χ2n) is 25.2. The first-order valence-corrected chi connectivity index (χ1v) is 31.1. The van der Waals surface area contributed by atoms with E-state index >= 15 is 0 Å². The van der Waals surface area contributed by atoms with Crippen LogP contribution in [0.2, 0.25) is 0 Å². The normalized spacial score (nSPS) is 18.8. The molecule has 2 aliphatic carbocycles. The predicted octanol–water partition coefficient (Wildman–Crippen LogP) is 17.1. The Morgan fingerprint density at radius 1 is 0.449 bits per heavy atom. The maximum absolute atomic E-state index is 14.3. The zero-order valence-corrected chi connectivity index (χ0v) is 51.6. The van der Waals surface area contributed by atoms with Crippen molar-refractivity contribution in [2.24, 2.45) is 0 Å². The van der Waals surface area contributed by atoms with Gasteiger partial charge in [-0.05, 0) is 147 Å². The predicted molar refractivity (Wildman–Crippen MR) is 344 cm³/mol. The van der Waals surface area contributed by atoms with E-state index in [4.69, 9.17) is 28.4 Å². The minimum atomic E-state index is -1.38. The fourth-order valence-corrected chi connectivity index (χ4v) is 15.0. The van der Waals surface area contributed by atoms with Gasteiger partial charge in [0, 0.05) is 88.5 Å². The Morgan fingerprint density at radius 2 is 0.809 bits per heavy atom. The van der Waals surface area contributed by atoms with Gasteiger partial charge < -0.3 is 38.2 Å². The zero-order chi connectivity index (χ0) is 61.7. The fourth-order valence-electron chi connectivity index (χ4n) is 15.0. The van der Waals surface area contributed by atoms with Gasteiger partial charge in [0.05, 0.1) is 48.1 Å². The SMILES string of the molecule is COC(=O)N(c1ccc(C(C)(C)c2ccc(N(C(=O)OC)c3cc4c(cc3C)Oc3cc(N(C)C5CCCCC5)ccc3C43OC(=O)c4ccccc43)cc2)cc1)c1cc2c(cc1C)Oc1cc(N(C)C3CCCCC3)ccc1C21OC(=O)c2ccccc21. The van der Waals surface area contributed by atoms with Crippen molar-refractivity contribution in [1.29, 1.82) is 0 Å². The number of nitrogens with zero attached hydrogens (tertiary/aromatic N) is 4. The molecule has 0 radical (unpaired) electrons. The van der Waals surface area contributed by atoms with Crippen molar-refractivity contribution >= 4 is 58.2 Å². The Kier molecular flexibility index (Phi) is 14.1. The monoisotopic (exact) mass is 1190 g/mol. The molecule has 14 rings (SSSR count). The summed E-state index contributed by atoms with van der Waals surface area (Å²) in [6.45, 7) is 8.10. The molecule has 0 bridgehead atoms. The quantitative estimate of drug-likeness (QED) is 0.0952. The number of amides is 2. The summed E-state index contributed by atoms with van der Waals surface area (Å²) in [5.41, 5.74) is 9.10. The number of fused-ring (bicyclic) bond motifs is 12. The molecule has 2 unspecified atom stereocenters. The second-order valence-corrected chi connectivity index (χ2v) is 25.2. The summed E-state index contributed by atoms with van der Waals surface area (Å²) in [5, 5.41) is 0. The van der Waals surface area contributed by atoms with E-state index in [2.05, 4.69) is 62.0 Å². The van der Waals surface area contributed by atoms with E-state index in [9.17, 15) is 19.2 Å². The van der Waals surface area contributed by atoms with Gasteiger partial charge in [0.2, 0.25) is 0 Å². The maximum Gasteiger partial charge on any atom is 0.418 e. The number of ether oxygens (including phenoxy) is 6. The van der Waals surface area contributed by atoms with Crippen molar-refractivity contribution < 1.29 is 47.6 Å². The van der Waals surface area contributed by atoms with Crippen LogP contribution in [0.25, 0.3) is 0 Å². The van der Waals surface area contributed by atoms with Crippen LogP contribution >= 0.6 is 0 Å². The maximum atomic E-state index is 14.3. The molecule has 0 saturated heterocycles. The highest BCUT2D eigenvalue weighted by Crippen LogP contribution is 2.60. The average Bonchev–Trinajstić information content (AvgIpc) is 1.76. The van der Waals surface area contributed by atoms with Crippen LogP contribution in [0.5, 0.6) is 23.0 Å². The Balaban J connectivity index is 0.780. The van der Waals surface area contributed by atoms with Gasteiger partial charge in [0.15, 0.2) is 11.2 Å². The molecule has 2 spiro atoms. The molecule has 452 valence electrons. The smallest absolute Gasteiger partial charge is 0.418 e. The first-order valence-electron chi connectivity index (χ1n) is 31.1. The Hall–Kier alpha value is -9.56. The lowest BCUT2D eigenvalue weighted by Crippen LogP contribution is -2.35. The average molecular weight is 1190 g/mol. The van der Waals surface area contributed by atoms with Crippen LogP contribution in [0, 0.1) is 13.8 Å². The highest BCUT2D eigenvalue weighted by molar-refractivity contribution is 6.01. The number of benzene rings is 8. The molecule has 14 nitrogen and oxygen atoms in total. The molecule has 8 aromatic rings. The first-order chi connectivity index (χ1) is 43.0. The summed E-state index contributed by atoms with van der Waals surface area (Å²) in [7, 11) is 7.00. The molecule has 0 aromatic heterocycles. The Bertz CT molecular complexity index is 3920. The molecule has 8 aromatic carbocycles. The summed E-state index contributed by atoms with van der Waals surface area (Å²) in [4.78, 5) is 64.2. The molecule has 2 atom stereocenters. The third kappa shape index (κ3) is 9.10. The Morgan fingerprint density at radius 3 is 1.19 bits per heavy atom. The Labute approximate surface area is 519 Å². The van der Waals surface area contributed by atoms with E-state index in [-0.39, 0.29) is 0 Å². The summed E-state index contributed by atoms with van der Waals surface area (Å²) < 4.78 is 38.0. The number of hydrogen-bond donors (Lipinski definition) is 0. The molecule has 89 heavy (non-hydrogen) atoms. The number of anilines is 6. The second kappa shape index (κ2) is 21.9. The number of methoxy groups -OCH3 is 2. The van der Waals surface area contributed by atoms with E-state index in [0.717, 1.165) is 59.3 Å². The topological polar surface area (TPSA) is 137 Å². The van der Waals surface area contributed by atoms with Gasteiger partial charge in [-0.25, -0.2) is 29.0 Å². The van der Waals surface area contributed by atoms with E-state index in [0.29, 0.717) is 102 Å². The molecule has 2 saturated carbocycles. The number of carbonyl (C=O) groups excluding carboxylic acids is 4. The highest BCUT2D eigenvalue weighted by Gasteiger charge is 2.56. The molecule has 0 N–H and O–H groups in total. The molecule has 4 aliphatic heterocycles. The first kappa shape index (κ1) is 57.2. The molecule has 6 aliphatic rings. The summed E-state index contributed by atoms with van der Waals surface area (Å²) >= 11 is 0. The van der Waals surface area contributed by atoms with Crippen LogP contribution in [0.1, 0.15) is 154 Å². The van der Waals surface area contributed by atoms with Gasteiger partial charge >= 0.3 is 24.1 Å². The minimum Gasteiger partial charge on any atom is -0.456 e. The molecular formula is C75H72N4O10. The lowest BCUT2D eigenvalue weighted by Gasteiger charge is -2.39. The molecule has 2 fully saturated rings. The largest absolute Gasteiger partial charge is 0.456 e. The van der Waals surface area contributed by atoms with E-state index in [1.54, 1.807) is 12.1 Å². The number of hydrogen-bond acceptors (Lipinski definition) is 12. The minimum absolute atomic E-state index is 0.419. The third-order valence-electron chi connectivity index (χ3n) is 20.0. The number of rotatable bonds is 10. The highest BCUT2D eigenvalue weighted by atomic mass is 16.6. The molecule has 2 amide bonds. The van der Waals surface area contributed by atoms with Crippen LogP contribution in [0.3, 0.4) is 0 Å². The standard InChI is InChI=1S/C75H72N4O10/c1-45-39-65-61(74(57-25-17-15-23-55(57)69(80)88-74)59-37-35-53(41-67(59)86-65)76(5)49-19-11-9-12-20-49)43-63(45)78(71(82)84-7)51-31-27-47(28-32-51)73(3,4)48-29-33-52(34-30-48)79(72(83)85-8)64-44-62-66(40-46(64)2)87-68-42-54(77(6)50-21-13-10-14-22-50)36-38-60(68)75(62)58-26-18-16-24-56(58)70(81)89-75/h15-18,23-44,49-50H,9-14,19-22H2,1-8H3. The number of carbonyl (C=O) groups is 4. The van der Waals surface area contributed by atoms with Crippen molar-refractivity contribution in [2.45, 2.75) is 121 Å². The van der Waals surface area contributed by atoms with Crippen LogP contribution in [-0.4, -0.2) is 64.5 Å². The van der Waals surface area contributed by atoms with Crippen molar-refractivity contribution in [3.8, 4) is 23.0 Å². The van der Waals surface area contributed by atoms with Gasteiger partial charge in [0.25, 0.3) is 0 Å². The zero-order valence-electron chi connectivity index (χ0n) is 51.6. The van der Waals surface area contributed by atoms with Crippen LogP contribution in [0.4, 0.5) is 43.7 Å². The van der Waals surface area contributed by atoms with Gasteiger partial charge in [-0.3, -0.25) is 0 Å². The fraction of sp³-hybridized carbons (Fsp3) is 0.307. The molecule has 4 heterocycles. The molecule has 14 heteroatoms. The van der Waals surface area contributed by atoms with Gasteiger partial charge in [-0.15, -0.1) is 0 Å². The lowest BCUT2D eigenvalue weighted by atomic mass is 9.77. The lowest BCUT2D eigenvalue weighted by molar-refractivity contribution is 0.0214. The van der Waals surface area contributed by atoms with Crippen LogP contribution < -0.4 is 29.1 Å².